The standard InChI is InChI=1S/C12H19N3O4/c1-2-10-13-14-11(19-10)7-15-5-3-9(4-6-15)18-8-12(16)17/h9H,2-8H2,1H3,(H,16,17). The predicted octanol–water partition coefficient (Wildman–Crippen LogP) is 0.698. The summed E-state index contributed by atoms with van der Waals surface area (Å²) in [5.74, 6) is 0.386. The Morgan fingerprint density at radius 2 is 2.11 bits per heavy atom. The van der Waals surface area contributed by atoms with E-state index in [9.17, 15) is 4.79 Å². The van der Waals surface area contributed by atoms with Crippen LogP contribution in [-0.4, -0.2) is 52.0 Å². The summed E-state index contributed by atoms with van der Waals surface area (Å²) < 4.78 is 10.8. The summed E-state index contributed by atoms with van der Waals surface area (Å²) in [4.78, 5) is 12.6. The van der Waals surface area contributed by atoms with Crippen molar-refractivity contribution in [2.75, 3.05) is 19.7 Å². The first-order chi connectivity index (χ1) is 9.17. The molecule has 0 radical (unpaired) electrons. The molecule has 0 spiro atoms. The van der Waals surface area contributed by atoms with Gasteiger partial charge in [0.1, 0.15) is 6.61 Å². The Labute approximate surface area is 111 Å². The molecule has 1 aliphatic heterocycles. The molecule has 0 amide bonds. The van der Waals surface area contributed by atoms with Crippen LogP contribution in [0.1, 0.15) is 31.5 Å². The monoisotopic (exact) mass is 269 g/mol. The van der Waals surface area contributed by atoms with E-state index in [2.05, 4.69) is 15.1 Å². The molecule has 7 nitrogen and oxygen atoms in total. The normalized spacial score (nSPS) is 17.7. The number of carboxylic acid groups (broad SMARTS) is 1. The third-order valence-corrected chi connectivity index (χ3v) is 3.15. The molecule has 0 aliphatic carbocycles. The van der Waals surface area contributed by atoms with E-state index in [1.54, 1.807) is 0 Å². The Morgan fingerprint density at radius 1 is 1.42 bits per heavy atom. The van der Waals surface area contributed by atoms with Crippen molar-refractivity contribution >= 4 is 5.97 Å². The first-order valence-electron chi connectivity index (χ1n) is 6.54. The second-order valence-corrected chi connectivity index (χ2v) is 4.62. The largest absolute Gasteiger partial charge is 0.480 e. The molecule has 1 aromatic rings. The Balaban J connectivity index is 1.72. The van der Waals surface area contributed by atoms with Gasteiger partial charge >= 0.3 is 5.97 Å². The second kappa shape index (κ2) is 6.63. The average molecular weight is 269 g/mol. The van der Waals surface area contributed by atoms with Crippen LogP contribution in [0.4, 0.5) is 0 Å². The molecule has 0 saturated carbocycles. The SMILES string of the molecule is CCc1nnc(CN2CCC(OCC(=O)O)CC2)o1. The number of nitrogens with zero attached hydrogens (tertiary/aromatic N) is 3. The lowest BCUT2D eigenvalue weighted by Gasteiger charge is -2.30. The average Bonchev–Trinajstić information content (AvgIpc) is 2.85. The number of rotatable bonds is 6. The summed E-state index contributed by atoms with van der Waals surface area (Å²) in [6.45, 7) is 4.12. The van der Waals surface area contributed by atoms with Crippen molar-refractivity contribution in [2.45, 2.75) is 38.8 Å². The Kier molecular flexibility index (Phi) is 4.86. The van der Waals surface area contributed by atoms with Crippen molar-refractivity contribution < 1.29 is 19.1 Å². The van der Waals surface area contributed by atoms with Crippen LogP contribution in [0.5, 0.6) is 0 Å². The number of ether oxygens (including phenoxy) is 1. The van der Waals surface area contributed by atoms with Gasteiger partial charge in [0.25, 0.3) is 0 Å². The predicted molar refractivity (Wildman–Crippen MR) is 65.6 cm³/mol. The van der Waals surface area contributed by atoms with Crippen molar-refractivity contribution in [3.63, 3.8) is 0 Å². The van der Waals surface area contributed by atoms with E-state index in [0.29, 0.717) is 18.3 Å². The van der Waals surface area contributed by atoms with Gasteiger partial charge in [-0.25, -0.2) is 4.79 Å². The maximum atomic E-state index is 10.4. The van der Waals surface area contributed by atoms with Gasteiger partial charge in [-0.1, -0.05) is 6.92 Å². The molecule has 0 bridgehead atoms. The van der Waals surface area contributed by atoms with Gasteiger partial charge in [0.2, 0.25) is 11.8 Å². The summed E-state index contributed by atoms with van der Waals surface area (Å²) in [6.07, 6.45) is 2.46. The van der Waals surface area contributed by atoms with Crippen LogP contribution in [0.15, 0.2) is 4.42 Å². The third-order valence-electron chi connectivity index (χ3n) is 3.15. The van der Waals surface area contributed by atoms with E-state index in [1.165, 1.54) is 0 Å². The first kappa shape index (κ1) is 14.0. The molecule has 0 atom stereocenters. The number of aliphatic carboxylic acids is 1. The lowest BCUT2D eigenvalue weighted by molar-refractivity contribution is -0.145. The Bertz CT molecular complexity index is 413. The highest BCUT2D eigenvalue weighted by Crippen LogP contribution is 2.15. The molecule has 2 heterocycles. The molecule has 1 aliphatic rings. The summed E-state index contributed by atoms with van der Waals surface area (Å²) in [6, 6.07) is 0. The van der Waals surface area contributed by atoms with Gasteiger partial charge in [0.15, 0.2) is 0 Å². The van der Waals surface area contributed by atoms with E-state index in [1.807, 2.05) is 6.92 Å². The second-order valence-electron chi connectivity index (χ2n) is 4.62. The van der Waals surface area contributed by atoms with Gasteiger partial charge in [0.05, 0.1) is 12.6 Å². The van der Waals surface area contributed by atoms with Gasteiger partial charge in [-0.3, -0.25) is 4.90 Å². The molecule has 106 valence electrons. The summed E-state index contributed by atoms with van der Waals surface area (Å²) in [7, 11) is 0. The summed E-state index contributed by atoms with van der Waals surface area (Å²) in [5, 5.41) is 16.5. The highest BCUT2D eigenvalue weighted by Gasteiger charge is 2.21. The molecule has 0 unspecified atom stereocenters. The molecule has 1 aromatic heterocycles. The summed E-state index contributed by atoms with van der Waals surface area (Å²) >= 11 is 0. The molecule has 19 heavy (non-hydrogen) atoms. The van der Waals surface area contributed by atoms with Crippen LogP contribution >= 0.6 is 0 Å². The van der Waals surface area contributed by atoms with Crippen LogP contribution in [-0.2, 0) is 22.5 Å². The first-order valence-corrected chi connectivity index (χ1v) is 6.54. The van der Waals surface area contributed by atoms with E-state index in [-0.39, 0.29) is 12.7 Å². The van der Waals surface area contributed by atoms with Crippen molar-refractivity contribution in [3.8, 4) is 0 Å². The molecular formula is C12H19N3O4. The number of piperidine rings is 1. The number of carboxylic acids is 1. The number of aryl methyl sites for hydroxylation is 1. The molecule has 2 rings (SSSR count). The van der Waals surface area contributed by atoms with Crippen molar-refractivity contribution in [1.29, 1.82) is 0 Å². The number of hydrogen-bond donors (Lipinski definition) is 1. The lowest BCUT2D eigenvalue weighted by Crippen LogP contribution is -2.37. The smallest absolute Gasteiger partial charge is 0.329 e. The van der Waals surface area contributed by atoms with Crippen LogP contribution in [0, 0.1) is 0 Å². The quantitative estimate of drug-likeness (QED) is 0.813. The van der Waals surface area contributed by atoms with Gasteiger partial charge in [-0.2, -0.15) is 0 Å². The van der Waals surface area contributed by atoms with Crippen LogP contribution in [0.2, 0.25) is 0 Å². The Morgan fingerprint density at radius 3 is 2.68 bits per heavy atom. The maximum absolute atomic E-state index is 10.4. The topological polar surface area (TPSA) is 88.7 Å². The molecular weight excluding hydrogens is 250 g/mol. The Hall–Kier alpha value is -1.47. The van der Waals surface area contributed by atoms with Gasteiger partial charge in [-0.15, -0.1) is 10.2 Å². The molecule has 1 saturated heterocycles. The number of likely N-dealkylation sites (tertiary alicyclic amines) is 1. The van der Waals surface area contributed by atoms with Crippen molar-refractivity contribution in [2.24, 2.45) is 0 Å². The fourth-order valence-corrected chi connectivity index (χ4v) is 2.11. The minimum atomic E-state index is -0.916. The van der Waals surface area contributed by atoms with E-state index in [4.69, 9.17) is 14.3 Å². The van der Waals surface area contributed by atoms with Crippen LogP contribution in [0.3, 0.4) is 0 Å². The number of aromatic nitrogens is 2. The highest BCUT2D eigenvalue weighted by molar-refractivity contribution is 5.68. The third kappa shape index (κ3) is 4.29. The van der Waals surface area contributed by atoms with E-state index >= 15 is 0 Å². The fourth-order valence-electron chi connectivity index (χ4n) is 2.11. The molecule has 1 fully saturated rings. The summed E-state index contributed by atoms with van der Waals surface area (Å²) in [5.41, 5.74) is 0. The zero-order valence-electron chi connectivity index (χ0n) is 11.0. The minimum absolute atomic E-state index is 0.0428. The maximum Gasteiger partial charge on any atom is 0.329 e. The number of carbonyl (C=O) groups is 1. The van der Waals surface area contributed by atoms with E-state index in [0.717, 1.165) is 32.4 Å². The van der Waals surface area contributed by atoms with Gasteiger partial charge in [-0.05, 0) is 12.8 Å². The lowest BCUT2D eigenvalue weighted by atomic mass is 10.1. The van der Waals surface area contributed by atoms with Gasteiger partial charge in [0, 0.05) is 19.5 Å². The number of hydrogen-bond acceptors (Lipinski definition) is 6. The van der Waals surface area contributed by atoms with Crippen molar-refractivity contribution in [3.05, 3.63) is 11.8 Å². The zero-order chi connectivity index (χ0) is 13.7. The van der Waals surface area contributed by atoms with Gasteiger partial charge < -0.3 is 14.3 Å². The minimum Gasteiger partial charge on any atom is -0.480 e. The van der Waals surface area contributed by atoms with Crippen molar-refractivity contribution in [1.82, 2.24) is 15.1 Å². The van der Waals surface area contributed by atoms with E-state index < -0.39 is 5.97 Å². The highest BCUT2D eigenvalue weighted by atomic mass is 16.5. The van der Waals surface area contributed by atoms with Crippen LogP contribution in [0.25, 0.3) is 0 Å². The molecule has 0 aromatic carbocycles. The molecule has 1 N–H and O–H groups in total. The fraction of sp³-hybridized carbons (Fsp3) is 0.750. The molecule has 7 heteroatoms. The zero-order valence-corrected chi connectivity index (χ0v) is 11.0. The van der Waals surface area contributed by atoms with Crippen LogP contribution < -0.4 is 0 Å².